The summed E-state index contributed by atoms with van der Waals surface area (Å²) in [6.07, 6.45) is 3.24. The molecule has 0 aliphatic rings. The molecule has 0 saturated carbocycles. The van der Waals surface area contributed by atoms with Crippen molar-refractivity contribution >= 4 is 0 Å². The lowest BCUT2D eigenvalue weighted by atomic mass is 10.1. The van der Waals surface area contributed by atoms with E-state index in [9.17, 15) is 4.79 Å². The number of pyridine rings is 1. The summed E-state index contributed by atoms with van der Waals surface area (Å²) in [5, 5.41) is 7.72. The van der Waals surface area contributed by atoms with Crippen LogP contribution in [0, 0.1) is 6.92 Å². The van der Waals surface area contributed by atoms with Crippen molar-refractivity contribution in [1.29, 1.82) is 0 Å². The average Bonchev–Trinajstić information content (AvgIpc) is 3.06. The van der Waals surface area contributed by atoms with E-state index in [0.29, 0.717) is 17.2 Å². The van der Waals surface area contributed by atoms with Crippen LogP contribution in [0.4, 0.5) is 0 Å². The highest BCUT2D eigenvalue weighted by molar-refractivity contribution is 5.45. The number of ether oxygens (including phenoxy) is 2. The van der Waals surface area contributed by atoms with E-state index in [-0.39, 0.29) is 12.3 Å². The van der Waals surface area contributed by atoms with Gasteiger partial charge in [-0.15, -0.1) is 0 Å². The van der Waals surface area contributed by atoms with Gasteiger partial charge in [-0.2, -0.15) is 9.36 Å². The normalized spacial score (nSPS) is 10.7. The van der Waals surface area contributed by atoms with E-state index in [1.165, 1.54) is 9.36 Å². The van der Waals surface area contributed by atoms with Gasteiger partial charge in [0.1, 0.15) is 23.9 Å². The number of hydrogen-bond donors (Lipinski definition) is 0. The minimum atomic E-state index is -0.322. The van der Waals surface area contributed by atoms with Gasteiger partial charge < -0.3 is 9.47 Å². The van der Waals surface area contributed by atoms with Crippen molar-refractivity contribution in [3.05, 3.63) is 88.6 Å². The fourth-order valence-electron chi connectivity index (χ4n) is 2.85. The molecule has 0 aliphatic heterocycles. The molecule has 146 valence electrons. The Hall–Kier alpha value is -3.94. The molecule has 0 N–H and O–H groups in total. The lowest BCUT2D eigenvalue weighted by Gasteiger charge is -2.13. The average molecular weight is 389 g/mol. The number of hydrogen-bond acceptors (Lipinski definition) is 6. The third-order valence-electron chi connectivity index (χ3n) is 4.39. The molecule has 8 heteroatoms. The molecule has 8 nitrogen and oxygen atoms in total. The monoisotopic (exact) mass is 389 g/mol. The molecule has 0 fully saturated rings. The summed E-state index contributed by atoms with van der Waals surface area (Å²) in [5.41, 5.74) is 2.12. The van der Waals surface area contributed by atoms with Gasteiger partial charge >= 0.3 is 5.69 Å². The van der Waals surface area contributed by atoms with Gasteiger partial charge in [-0.3, -0.25) is 4.98 Å². The van der Waals surface area contributed by atoms with Crippen molar-refractivity contribution in [2.45, 2.75) is 13.5 Å². The summed E-state index contributed by atoms with van der Waals surface area (Å²) in [6, 6.07) is 16.9. The molecule has 29 heavy (non-hydrogen) atoms. The quantitative estimate of drug-likeness (QED) is 0.504. The van der Waals surface area contributed by atoms with E-state index >= 15 is 0 Å². The summed E-state index contributed by atoms with van der Waals surface area (Å²) < 4.78 is 14.2. The lowest BCUT2D eigenvalue weighted by molar-refractivity contribution is 0.302. The number of aryl methyl sites for hydroxylation is 2. The zero-order valence-corrected chi connectivity index (χ0v) is 16.0. The molecule has 0 radical (unpaired) electrons. The summed E-state index contributed by atoms with van der Waals surface area (Å²) in [6.45, 7) is 2.19. The van der Waals surface area contributed by atoms with Crippen molar-refractivity contribution in [2.24, 2.45) is 7.05 Å². The van der Waals surface area contributed by atoms with Crippen LogP contribution in [0.25, 0.3) is 5.69 Å². The Balaban J connectivity index is 1.56. The molecule has 0 saturated heterocycles. The maximum Gasteiger partial charge on any atom is 0.368 e. The minimum absolute atomic E-state index is 0.238. The summed E-state index contributed by atoms with van der Waals surface area (Å²) in [7, 11) is 1.56. The van der Waals surface area contributed by atoms with Gasteiger partial charge in [0.15, 0.2) is 0 Å². The maximum absolute atomic E-state index is 12.3. The van der Waals surface area contributed by atoms with E-state index in [0.717, 1.165) is 16.9 Å². The van der Waals surface area contributed by atoms with E-state index < -0.39 is 0 Å². The zero-order chi connectivity index (χ0) is 20.2. The van der Waals surface area contributed by atoms with E-state index in [1.54, 1.807) is 25.5 Å². The predicted molar refractivity (Wildman–Crippen MR) is 106 cm³/mol. The van der Waals surface area contributed by atoms with Gasteiger partial charge in [-0.05, 0) is 41.1 Å². The first kappa shape index (κ1) is 18.4. The molecule has 4 aromatic rings. The van der Waals surface area contributed by atoms with E-state index in [4.69, 9.17) is 9.47 Å². The first-order valence-corrected chi connectivity index (χ1v) is 9.00. The van der Waals surface area contributed by atoms with E-state index in [2.05, 4.69) is 15.4 Å². The van der Waals surface area contributed by atoms with Crippen LogP contribution in [0.1, 0.15) is 11.1 Å². The molecule has 2 aromatic carbocycles. The highest BCUT2D eigenvalue weighted by Crippen LogP contribution is 2.25. The molecular formula is C21H19N5O3. The van der Waals surface area contributed by atoms with Crippen LogP contribution in [-0.2, 0) is 13.7 Å². The fraction of sp³-hybridized carbons (Fsp3) is 0.143. The second-order valence-corrected chi connectivity index (χ2v) is 6.43. The van der Waals surface area contributed by atoms with Gasteiger partial charge in [0.2, 0.25) is 0 Å². The molecule has 0 atom stereocenters. The Morgan fingerprint density at radius 2 is 1.72 bits per heavy atom. The smallest absolute Gasteiger partial charge is 0.368 e. The van der Waals surface area contributed by atoms with Crippen LogP contribution in [0.15, 0.2) is 71.8 Å². The number of benzene rings is 2. The molecule has 0 bridgehead atoms. The SMILES string of the molecule is Cc1cccc(-n2nnn(C)c2=O)c1COc1cncc(Oc2ccccc2)c1. The molecule has 0 amide bonds. The molecule has 0 spiro atoms. The topological polar surface area (TPSA) is 84.1 Å². The van der Waals surface area contributed by atoms with Gasteiger partial charge in [0.05, 0.1) is 18.1 Å². The number of nitrogens with zero attached hydrogens (tertiary/aromatic N) is 5. The first-order valence-electron chi connectivity index (χ1n) is 9.00. The van der Waals surface area contributed by atoms with Crippen LogP contribution in [-0.4, -0.2) is 24.8 Å². The number of aromatic nitrogens is 5. The Morgan fingerprint density at radius 1 is 0.931 bits per heavy atom. The van der Waals surface area contributed by atoms with Crippen LogP contribution in [0.5, 0.6) is 17.2 Å². The van der Waals surface area contributed by atoms with Crippen molar-refractivity contribution in [1.82, 2.24) is 24.8 Å². The molecular weight excluding hydrogens is 370 g/mol. The molecule has 4 rings (SSSR count). The van der Waals surface area contributed by atoms with Crippen LogP contribution >= 0.6 is 0 Å². The first-order chi connectivity index (χ1) is 14.1. The number of tetrazole rings is 1. The largest absolute Gasteiger partial charge is 0.487 e. The van der Waals surface area contributed by atoms with Crippen molar-refractivity contribution < 1.29 is 9.47 Å². The summed E-state index contributed by atoms with van der Waals surface area (Å²) in [5.74, 6) is 1.85. The minimum Gasteiger partial charge on any atom is -0.487 e. The highest BCUT2D eigenvalue weighted by atomic mass is 16.5. The van der Waals surface area contributed by atoms with E-state index in [1.807, 2.05) is 55.5 Å². The van der Waals surface area contributed by atoms with Crippen LogP contribution < -0.4 is 15.2 Å². The van der Waals surface area contributed by atoms with Crippen LogP contribution in [0.3, 0.4) is 0 Å². The Bertz CT molecular complexity index is 1180. The van der Waals surface area contributed by atoms with Crippen molar-refractivity contribution in [3.8, 4) is 22.9 Å². The van der Waals surface area contributed by atoms with Gasteiger partial charge in [-0.1, -0.05) is 30.3 Å². The van der Waals surface area contributed by atoms with Crippen LogP contribution in [0.2, 0.25) is 0 Å². The Labute approximate surface area is 166 Å². The van der Waals surface area contributed by atoms with Gasteiger partial charge in [0.25, 0.3) is 0 Å². The van der Waals surface area contributed by atoms with Gasteiger partial charge in [-0.25, -0.2) is 4.79 Å². The Kier molecular flexibility index (Phi) is 5.07. The molecule has 2 aromatic heterocycles. The highest BCUT2D eigenvalue weighted by Gasteiger charge is 2.13. The summed E-state index contributed by atoms with van der Waals surface area (Å²) >= 11 is 0. The standard InChI is InChI=1S/C21H19N5O3/c1-15-7-6-10-20(26-21(27)25(2)23-24-26)19(15)14-28-17-11-18(13-22-12-17)29-16-8-4-3-5-9-16/h3-13H,14H2,1-2H3. The maximum atomic E-state index is 12.3. The zero-order valence-electron chi connectivity index (χ0n) is 16.0. The number of rotatable bonds is 6. The van der Waals surface area contributed by atoms with Crippen molar-refractivity contribution in [2.75, 3.05) is 0 Å². The number of para-hydroxylation sites is 1. The Morgan fingerprint density at radius 3 is 2.48 bits per heavy atom. The molecule has 0 aliphatic carbocycles. The third-order valence-corrected chi connectivity index (χ3v) is 4.39. The molecule has 0 unspecified atom stereocenters. The second kappa shape index (κ2) is 7.97. The third kappa shape index (κ3) is 4.01. The predicted octanol–water partition coefficient (Wildman–Crippen LogP) is 3.04. The van der Waals surface area contributed by atoms with Crippen molar-refractivity contribution in [3.63, 3.8) is 0 Å². The fourth-order valence-corrected chi connectivity index (χ4v) is 2.85. The molecule has 2 heterocycles. The summed E-state index contributed by atoms with van der Waals surface area (Å²) in [4.78, 5) is 16.4. The lowest BCUT2D eigenvalue weighted by Crippen LogP contribution is -2.23. The second-order valence-electron chi connectivity index (χ2n) is 6.43. The van der Waals surface area contributed by atoms with Gasteiger partial charge in [0, 0.05) is 18.7 Å².